The Bertz CT molecular complexity index is 2930. The van der Waals surface area contributed by atoms with Crippen LogP contribution in [0.3, 0.4) is 0 Å². The summed E-state index contributed by atoms with van der Waals surface area (Å²) >= 11 is 0. The summed E-state index contributed by atoms with van der Waals surface area (Å²) in [7, 11) is 0. The highest BCUT2D eigenvalue weighted by Crippen LogP contribution is 2.50. The van der Waals surface area contributed by atoms with Crippen molar-refractivity contribution < 1.29 is 4.42 Å². The molecule has 0 aliphatic rings. The third kappa shape index (κ3) is 6.04. The Labute approximate surface area is 327 Å². The monoisotopic (exact) mass is 715 g/mol. The van der Waals surface area contributed by atoms with Gasteiger partial charge in [0.2, 0.25) is 0 Å². The minimum Gasteiger partial charge on any atom is -0.456 e. The van der Waals surface area contributed by atoms with Crippen LogP contribution in [0, 0.1) is 0 Å². The van der Waals surface area contributed by atoms with Crippen molar-refractivity contribution in [3.05, 3.63) is 224 Å². The largest absolute Gasteiger partial charge is 0.456 e. The van der Waals surface area contributed by atoms with E-state index in [1.165, 1.54) is 22.3 Å². The van der Waals surface area contributed by atoms with Gasteiger partial charge in [0.05, 0.1) is 11.4 Å². The molecule has 1 heterocycles. The highest BCUT2D eigenvalue weighted by atomic mass is 16.3. The molecule has 56 heavy (non-hydrogen) atoms. The maximum absolute atomic E-state index is 6.49. The first-order valence-corrected chi connectivity index (χ1v) is 19.1. The highest BCUT2D eigenvalue weighted by molar-refractivity contribution is 6.16. The standard InChI is InChI=1S/C54H37NO/c1-4-16-38(17-5-1)40-30-32-43(33-31-40)45-22-10-12-26-49(45)55(44-36-34-41(35-37-44)39-18-6-2-7-19-39)50-27-14-24-46(42-20-8-3-9-21-42)53(50)48-25-15-29-52-54(48)47-23-11-13-28-51(47)56-52/h1-37H. The fourth-order valence-electron chi connectivity index (χ4n) is 8.08. The average molecular weight is 716 g/mol. The molecule has 0 fully saturated rings. The van der Waals surface area contributed by atoms with Crippen LogP contribution in [0.1, 0.15) is 0 Å². The Morgan fingerprint density at radius 1 is 0.286 bits per heavy atom. The molecule has 0 aliphatic carbocycles. The average Bonchev–Trinajstić information content (AvgIpc) is 3.67. The number of furan rings is 1. The van der Waals surface area contributed by atoms with Crippen LogP contribution >= 0.6 is 0 Å². The fraction of sp³-hybridized carbons (Fsp3) is 0. The van der Waals surface area contributed by atoms with Gasteiger partial charge in [-0.15, -0.1) is 0 Å². The molecular formula is C54H37NO. The predicted molar refractivity (Wildman–Crippen MR) is 236 cm³/mol. The first-order valence-electron chi connectivity index (χ1n) is 19.1. The van der Waals surface area contributed by atoms with E-state index in [0.29, 0.717) is 0 Å². The molecule has 0 N–H and O–H groups in total. The molecule has 0 saturated carbocycles. The Morgan fingerprint density at radius 3 is 1.43 bits per heavy atom. The molecule has 0 spiro atoms. The van der Waals surface area contributed by atoms with Gasteiger partial charge in [-0.2, -0.15) is 0 Å². The van der Waals surface area contributed by atoms with Crippen LogP contribution in [0.4, 0.5) is 17.1 Å². The SMILES string of the molecule is c1ccc(-c2ccc(-c3ccccc3N(c3ccc(-c4ccccc4)cc3)c3cccc(-c4ccccc4)c3-c3cccc4oc5ccccc5c34)cc2)cc1. The maximum atomic E-state index is 6.49. The summed E-state index contributed by atoms with van der Waals surface area (Å²) in [5, 5.41) is 2.21. The first-order chi connectivity index (χ1) is 27.8. The van der Waals surface area contributed by atoms with Crippen molar-refractivity contribution in [1.29, 1.82) is 0 Å². The van der Waals surface area contributed by atoms with Gasteiger partial charge >= 0.3 is 0 Å². The molecule has 0 saturated heterocycles. The molecule has 0 aliphatic heterocycles. The van der Waals surface area contributed by atoms with Gasteiger partial charge in [0.25, 0.3) is 0 Å². The van der Waals surface area contributed by atoms with Gasteiger partial charge in [-0.25, -0.2) is 0 Å². The summed E-state index contributed by atoms with van der Waals surface area (Å²) in [5.41, 5.74) is 16.6. The number of rotatable bonds is 8. The number of hydrogen-bond donors (Lipinski definition) is 0. The zero-order valence-electron chi connectivity index (χ0n) is 30.7. The molecule has 9 aromatic carbocycles. The number of benzene rings is 9. The number of anilines is 3. The van der Waals surface area contributed by atoms with E-state index in [2.05, 4.69) is 223 Å². The summed E-state index contributed by atoms with van der Waals surface area (Å²) in [5.74, 6) is 0. The normalized spacial score (nSPS) is 11.2. The van der Waals surface area contributed by atoms with Gasteiger partial charge in [-0.1, -0.05) is 188 Å². The van der Waals surface area contributed by atoms with Gasteiger partial charge in [0.15, 0.2) is 0 Å². The van der Waals surface area contributed by atoms with E-state index in [9.17, 15) is 0 Å². The number of para-hydroxylation sites is 2. The second-order valence-corrected chi connectivity index (χ2v) is 14.1. The van der Waals surface area contributed by atoms with Crippen molar-refractivity contribution in [2.24, 2.45) is 0 Å². The lowest BCUT2D eigenvalue weighted by molar-refractivity contribution is 0.669. The maximum Gasteiger partial charge on any atom is 0.136 e. The molecule has 0 amide bonds. The lowest BCUT2D eigenvalue weighted by atomic mass is 9.89. The molecule has 2 heteroatoms. The van der Waals surface area contributed by atoms with E-state index in [0.717, 1.165) is 72.4 Å². The molecule has 0 radical (unpaired) electrons. The minimum absolute atomic E-state index is 0.871. The van der Waals surface area contributed by atoms with Crippen molar-refractivity contribution in [3.63, 3.8) is 0 Å². The Balaban J connectivity index is 1.24. The van der Waals surface area contributed by atoms with Gasteiger partial charge in [-0.05, 0) is 80.9 Å². The third-order valence-corrected chi connectivity index (χ3v) is 10.7. The van der Waals surface area contributed by atoms with Crippen LogP contribution < -0.4 is 4.90 Å². The van der Waals surface area contributed by atoms with Crippen LogP contribution in [0.5, 0.6) is 0 Å². The quantitative estimate of drug-likeness (QED) is 0.156. The molecule has 264 valence electrons. The van der Waals surface area contributed by atoms with Crippen molar-refractivity contribution in [1.82, 2.24) is 0 Å². The van der Waals surface area contributed by atoms with Crippen molar-refractivity contribution in [2.45, 2.75) is 0 Å². The van der Waals surface area contributed by atoms with Crippen molar-refractivity contribution in [2.75, 3.05) is 4.90 Å². The summed E-state index contributed by atoms with van der Waals surface area (Å²) in [6.45, 7) is 0. The smallest absolute Gasteiger partial charge is 0.136 e. The van der Waals surface area contributed by atoms with Crippen LogP contribution in [-0.2, 0) is 0 Å². The molecule has 10 rings (SSSR count). The minimum atomic E-state index is 0.871. The molecule has 10 aromatic rings. The first kappa shape index (κ1) is 33.2. The van der Waals surface area contributed by atoms with E-state index in [4.69, 9.17) is 4.42 Å². The summed E-state index contributed by atoms with van der Waals surface area (Å²) in [6.07, 6.45) is 0. The number of fused-ring (bicyclic) bond motifs is 3. The predicted octanol–water partition coefficient (Wildman–Crippen LogP) is 15.4. The second kappa shape index (κ2) is 14.4. The summed E-state index contributed by atoms with van der Waals surface area (Å²) < 4.78 is 6.49. The highest BCUT2D eigenvalue weighted by Gasteiger charge is 2.25. The number of nitrogens with zero attached hydrogens (tertiary/aromatic N) is 1. The van der Waals surface area contributed by atoms with Gasteiger partial charge in [0.1, 0.15) is 11.2 Å². The van der Waals surface area contributed by atoms with E-state index in [1.54, 1.807) is 0 Å². The van der Waals surface area contributed by atoms with Crippen LogP contribution in [0.15, 0.2) is 229 Å². The molecule has 0 bridgehead atoms. The van der Waals surface area contributed by atoms with Gasteiger partial charge in [-0.3, -0.25) is 0 Å². The molecule has 2 nitrogen and oxygen atoms in total. The van der Waals surface area contributed by atoms with Crippen LogP contribution in [0.2, 0.25) is 0 Å². The van der Waals surface area contributed by atoms with Gasteiger partial charge in [0, 0.05) is 27.6 Å². The topological polar surface area (TPSA) is 16.4 Å². The Kier molecular flexibility index (Phi) is 8.55. The second-order valence-electron chi connectivity index (χ2n) is 14.1. The van der Waals surface area contributed by atoms with Crippen molar-refractivity contribution >= 4 is 39.0 Å². The number of hydrogen-bond acceptors (Lipinski definition) is 2. The molecule has 0 unspecified atom stereocenters. The zero-order chi connectivity index (χ0) is 37.3. The summed E-state index contributed by atoms with van der Waals surface area (Å²) in [4.78, 5) is 2.44. The molecule has 1 aromatic heterocycles. The van der Waals surface area contributed by atoms with Crippen LogP contribution in [-0.4, -0.2) is 0 Å². The van der Waals surface area contributed by atoms with E-state index in [-0.39, 0.29) is 0 Å². The molecule has 0 atom stereocenters. The van der Waals surface area contributed by atoms with Crippen LogP contribution in [0.25, 0.3) is 77.6 Å². The molecular weight excluding hydrogens is 679 g/mol. The Morgan fingerprint density at radius 2 is 0.732 bits per heavy atom. The zero-order valence-corrected chi connectivity index (χ0v) is 30.7. The van der Waals surface area contributed by atoms with Crippen molar-refractivity contribution in [3.8, 4) is 55.6 Å². The lowest BCUT2D eigenvalue weighted by Gasteiger charge is -2.31. The fourth-order valence-corrected chi connectivity index (χ4v) is 8.08. The van der Waals surface area contributed by atoms with Gasteiger partial charge < -0.3 is 9.32 Å². The van der Waals surface area contributed by atoms with E-state index >= 15 is 0 Å². The summed E-state index contributed by atoms with van der Waals surface area (Å²) in [6, 6.07) is 80.1. The third-order valence-electron chi connectivity index (χ3n) is 10.7. The van der Waals surface area contributed by atoms with E-state index < -0.39 is 0 Å². The lowest BCUT2D eigenvalue weighted by Crippen LogP contribution is -2.13. The van der Waals surface area contributed by atoms with E-state index in [1.807, 2.05) is 6.07 Å². The Hall–Kier alpha value is -7.42.